The average molecular weight is 291 g/mol. The molecule has 0 N–H and O–H groups in total. The quantitative estimate of drug-likeness (QED) is 0.823. The van der Waals surface area contributed by atoms with Crippen LogP contribution < -0.4 is 0 Å². The van der Waals surface area contributed by atoms with Gasteiger partial charge in [0.25, 0.3) is 0 Å². The number of ketones is 1. The highest BCUT2D eigenvalue weighted by atomic mass is 32.2. The first-order chi connectivity index (χ1) is 9.29. The van der Waals surface area contributed by atoms with Gasteiger partial charge in [0.15, 0.2) is 0 Å². The molecule has 0 fully saturated rings. The maximum Gasteiger partial charge on any atom is 0.150 e. The number of hydrogen-bond acceptors (Lipinski definition) is 3. The summed E-state index contributed by atoms with van der Waals surface area (Å²) in [5.74, 6) is 0.291. The molecule has 1 aromatic rings. The molecule has 0 radical (unpaired) electrons. The summed E-state index contributed by atoms with van der Waals surface area (Å²) in [5, 5.41) is 0. The van der Waals surface area contributed by atoms with Crippen LogP contribution in [0.25, 0.3) is 0 Å². The van der Waals surface area contributed by atoms with E-state index in [1.165, 1.54) is 11.1 Å². The van der Waals surface area contributed by atoms with Crippen molar-refractivity contribution in [2.45, 2.75) is 43.1 Å². The lowest BCUT2D eigenvalue weighted by molar-refractivity contribution is -0.119. The number of carbonyl (C=O) groups excluding carboxylic acids is 1. The maximum absolute atomic E-state index is 12.5. The van der Waals surface area contributed by atoms with E-state index in [9.17, 15) is 4.79 Å². The molecule has 1 unspecified atom stereocenters. The van der Waals surface area contributed by atoms with E-state index in [0.717, 1.165) is 19.4 Å². The van der Waals surface area contributed by atoms with Crippen molar-refractivity contribution < 1.29 is 4.79 Å². The molecule has 0 amide bonds. The van der Waals surface area contributed by atoms with Crippen LogP contribution in [0.1, 0.15) is 44.7 Å². The highest BCUT2D eigenvalue weighted by Crippen LogP contribution is 2.60. The van der Waals surface area contributed by atoms with E-state index in [-0.39, 0.29) is 9.49 Å². The fraction of sp³-hybridized carbons (Fsp3) is 0.588. The third-order valence-corrected chi connectivity index (χ3v) is 5.93. The van der Waals surface area contributed by atoms with Gasteiger partial charge in [0.05, 0.1) is 4.75 Å². The Hall–Kier alpha value is -0.800. The summed E-state index contributed by atoms with van der Waals surface area (Å²) in [5.41, 5.74) is 2.56. The Morgan fingerprint density at radius 1 is 1.20 bits per heavy atom. The zero-order chi connectivity index (χ0) is 15.0. The largest absolute Gasteiger partial charge is 0.309 e. The van der Waals surface area contributed by atoms with Crippen LogP contribution in [-0.4, -0.2) is 31.3 Å². The summed E-state index contributed by atoms with van der Waals surface area (Å²) < 4.78 is -0.337. The molecular formula is C17H25NOS. The van der Waals surface area contributed by atoms with Crippen LogP contribution in [0, 0.1) is 0 Å². The Kier molecular flexibility index (Phi) is 4.31. The molecule has 2 nitrogen and oxygen atoms in total. The van der Waals surface area contributed by atoms with Crippen molar-refractivity contribution in [1.29, 1.82) is 0 Å². The Bertz CT molecular complexity index is 509. The maximum atomic E-state index is 12.5. The second-order valence-corrected chi connectivity index (χ2v) is 8.37. The van der Waals surface area contributed by atoms with E-state index in [0.29, 0.717) is 5.78 Å². The lowest BCUT2D eigenvalue weighted by Gasteiger charge is -2.29. The highest BCUT2D eigenvalue weighted by Gasteiger charge is 2.50. The number of hydrogen-bond donors (Lipinski definition) is 0. The summed E-state index contributed by atoms with van der Waals surface area (Å²) >= 11 is 1.84. The molecule has 0 aliphatic carbocycles. The highest BCUT2D eigenvalue weighted by molar-refractivity contribution is 8.02. The molecule has 1 aromatic carbocycles. The van der Waals surface area contributed by atoms with Gasteiger partial charge in [0.2, 0.25) is 0 Å². The van der Waals surface area contributed by atoms with Crippen molar-refractivity contribution in [1.82, 2.24) is 4.90 Å². The third-order valence-electron chi connectivity index (χ3n) is 4.14. The fourth-order valence-corrected chi connectivity index (χ4v) is 5.01. The molecule has 110 valence electrons. The molecule has 1 aliphatic heterocycles. The molecule has 0 saturated carbocycles. The van der Waals surface area contributed by atoms with Crippen LogP contribution in [0.3, 0.4) is 0 Å². The SMILES string of the molecule is CC(=O)C1(CCCN(C)C)SC(C)(C)c2ccccc21. The smallest absolute Gasteiger partial charge is 0.150 e. The third kappa shape index (κ3) is 2.66. The molecular weight excluding hydrogens is 266 g/mol. The second kappa shape index (κ2) is 5.53. The summed E-state index contributed by atoms with van der Waals surface area (Å²) in [6.45, 7) is 7.24. The monoisotopic (exact) mass is 291 g/mol. The van der Waals surface area contributed by atoms with Gasteiger partial charge in [-0.2, -0.15) is 0 Å². The van der Waals surface area contributed by atoms with Crippen molar-refractivity contribution in [3.05, 3.63) is 35.4 Å². The van der Waals surface area contributed by atoms with Gasteiger partial charge < -0.3 is 4.90 Å². The van der Waals surface area contributed by atoms with Crippen LogP contribution in [0.2, 0.25) is 0 Å². The predicted octanol–water partition coefficient (Wildman–Crippen LogP) is 3.79. The van der Waals surface area contributed by atoms with Gasteiger partial charge in [-0.3, -0.25) is 4.79 Å². The lowest BCUT2D eigenvalue weighted by Crippen LogP contribution is -2.30. The molecule has 0 bridgehead atoms. The van der Waals surface area contributed by atoms with Crippen LogP contribution in [0.15, 0.2) is 24.3 Å². The normalized spacial score (nSPS) is 23.9. The molecule has 1 aliphatic rings. The number of Topliss-reactive ketones (excluding diaryl/α,β-unsaturated/α-hetero) is 1. The number of fused-ring (bicyclic) bond motifs is 1. The van der Waals surface area contributed by atoms with E-state index in [4.69, 9.17) is 0 Å². The molecule has 1 heterocycles. The van der Waals surface area contributed by atoms with Gasteiger partial charge in [-0.15, -0.1) is 11.8 Å². The van der Waals surface area contributed by atoms with E-state index in [1.54, 1.807) is 6.92 Å². The Labute approximate surface area is 126 Å². The van der Waals surface area contributed by atoms with Crippen LogP contribution in [-0.2, 0) is 14.3 Å². The number of rotatable bonds is 5. The van der Waals surface area contributed by atoms with Crippen LogP contribution in [0.5, 0.6) is 0 Å². The minimum Gasteiger partial charge on any atom is -0.309 e. The number of thioether (sulfide) groups is 1. The van der Waals surface area contributed by atoms with E-state index >= 15 is 0 Å². The minimum absolute atomic E-state index is 0.0143. The lowest BCUT2D eigenvalue weighted by atomic mass is 9.84. The van der Waals surface area contributed by atoms with Crippen molar-refractivity contribution in [2.75, 3.05) is 20.6 Å². The van der Waals surface area contributed by atoms with Gasteiger partial charge in [0, 0.05) is 4.75 Å². The van der Waals surface area contributed by atoms with Gasteiger partial charge in [-0.1, -0.05) is 24.3 Å². The molecule has 0 saturated heterocycles. The van der Waals surface area contributed by atoms with E-state index in [1.807, 2.05) is 11.8 Å². The molecule has 3 heteroatoms. The van der Waals surface area contributed by atoms with Gasteiger partial charge in [-0.05, 0) is 65.4 Å². The summed E-state index contributed by atoms with van der Waals surface area (Å²) in [6, 6.07) is 8.47. The zero-order valence-electron chi connectivity index (χ0n) is 13.2. The number of nitrogens with zero attached hydrogens (tertiary/aromatic N) is 1. The standard InChI is InChI=1S/C17H25NOS/c1-13(19)17(11-8-12-18(4)5)15-10-7-6-9-14(15)16(2,3)20-17/h6-7,9-10H,8,11-12H2,1-5H3. The van der Waals surface area contributed by atoms with E-state index in [2.05, 4.69) is 57.1 Å². The molecule has 2 rings (SSSR count). The first-order valence-electron chi connectivity index (χ1n) is 7.25. The topological polar surface area (TPSA) is 20.3 Å². The molecule has 1 atom stereocenters. The van der Waals surface area contributed by atoms with Crippen molar-refractivity contribution in [3.8, 4) is 0 Å². The van der Waals surface area contributed by atoms with Crippen molar-refractivity contribution in [3.63, 3.8) is 0 Å². The number of benzene rings is 1. The fourth-order valence-electron chi connectivity index (χ4n) is 3.17. The molecule has 20 heavy (non-hydrogen) atoms. The van der Waals surface area contributed by atoms with Crippen molar-refractivity contribution in [2.24, 2.45) is 0 Å². The first kappa shape index (κ1) is 15.6. The average Bonchev–Trinajstić information content (AvgIpc) is 2.59. The van der Waals surface area contributed by atoms with Gasteiger partial charge in [-0.25, -0.2) is 0 Å². The van der Waals surface area contributed by atoms with Crippen LogP contribution in [0.4, 0.5) is 0 Å². The van der Waals surface area contributed by atoms with Crippen LogP contribution >= 0.6 is 11.8 Å². The van der Waals surface area contributed by atoms with Gasteiger partial charge in [0.1, 0.15) is 5.78 Å². The first-order valence-corrected chi connectivity index (χ1v) is 8.07. The second-order valence-electron chi connectivity index (χ2n) is 6.45. The summed E-state index contributed by atoms with van der Waals surface area (Å²) in [4.78, 5) is 14.6. The Morgan fingerprint density at radius 3 is 2.35 bits per heavy atom. The van der Waals surface area contributed by atoms with Crippen molar-refractivity contribution >= 4 is 17.5 Å². The summed E-state index contributed by atoms with van der Waals surface area (Å²) in [7, 11) is 4.17. The Morgan fingerprint density at radius 2 is 1.80 bits per heavy atom. The zero-order valence-corrected chi connectivity index (χ0v) is 14.0. The number of carbonyl (C=O) groups is 1. The molecule has 0 spiro atoms. The minimum atomic E-state index is -0.351. The van der Waals surface area contributed by atoms with Gasteiger partial charge >= 0.3 is 0 Å². The summed E-state index contributed by atoms with van der Waals surface area (Å²) in [6.07, 6.45) is 1.97. The Balaban J connectivity index is 2.37. The predicted molar refractivity (Wildman–Crippen MR) is 87.2 cm³/mol. The van der Waals surface area contributed by atoms with E-state index < -0.39 is 0 Å². The molecule has 0 aromatic heterocycles.